The highest BCUT2D eigenvalue weighted by Gasteiger charge is 2.32. The third kappa shape index (κ3) is 24.9. The highest BCUT2D eigenvalue weighted by molar-refractivity contribution is 9.10. The summed E-state index contributed by atoms with van der Waals surface area (Å²) in [7, 11) is 0. The zero-order valence-corrected chi connectivity index (χ0v) is 65.0. The molecule has 6 aliphatic rings. The van der Waals surface area contributed by atoms with Crippen molar-refractivity contribution in [2.24, 2.45) is 15.0 Å². The van der Waals surface area contributed by atoms with Crippen molar-refractivity contribution in [3.63, 3.8) is 0 Å². The first kappa shape index (κ1) is 84.7. The number of halogens is 7. The Bertz CT molecular complexity index is 4750. The van der Waals surface area contributed by atoms with Crippen molar-refractivity contribution in [2.45, 2.75) is 52.0 Å². The molecule has 574 valence electrons. The molecule has 0 spiro atoms. The third-order valence-electron chi connectivity index (χ3n) is 19.0. The smallest absolute Gasteiger partial charge is 0.341 e. The summed E-state index contributed by atoms with van der Waals surface area (Å²) in [6.07, 6.45) is 13.3. The Hall–Kier alpha value is -10.3. The average Bonchev–Trinajstić information content (AvgIpc) is 0.795. The molecule has 3 saturated heterocycles. The molecule has 3 N–H and O–H groups in total. The molecule has 6 aliphatic heterocycles. The Kier molecular flexibility index (Phi) is 33.1. The number of aliphatic imine (C=N–C) groups is 3. The molecule has 4 aromatic carbocycles. The van der Waals surface area contributed by atoms with Crippen LogP contribution in [0.25, 0.3) is 0 Å². The lowest BCUT2D eigenvalue weighted by molar-refractivity contribution is -0.193. The molecule has 0 bridgehead atoms. The quantitative estimate of drug-likeness (QED) is 0.0717. The van der Waals surface area contributed by atoms with Crippen molar-refractivity contribution < 1.29 is 41.9 Å². The summed E-state index contributed by atoms with van der Waals surface area (Å²) < 4.78 is 42.3. The summed E-state index contributed by atoms with van der Waals surface area (Å²) in [6, 6.07) is 44.5. The Balaban J connectivity index is 0.000000182. The molecule has 3 unspecified atom stereocenters. The third-order valence-corrected chi connectivity index (χ3v) is 20.5. The lowest BCUT2D eigenvalue weighted by Crippen LogP contribution is -2.48. The van der Waals surface area contributed by atoms with Gasteiger partial charge in [0.1, 0.15) is 52.7 Å². The van der Waals surface area contributed by atoms with Crippen molar-refractivity contribution >= 4 is 86.7 Å². The van der Waals surface area contributed by atoms with Crippen molar-refractivity contribution in [2.75, 3.05) is 105 Å². The Morgan fingerprint density at radius 3 is 0.991 bits per heavy atom. The van der Waals surface area contributed by atoms with Gasteiger partial charge in [0.25, 0.3) is 0 Å². The standard InChI is InChI=1S/C28H28BrClFN5.C27H28ClFN6.C24H25ClFN5.3CO2/c1-19-26(18-36-14-12-35(13-15-36)17-20-5-7-21(29)8-6-20)33-28(25-4-2-3-11-32-25)34-27(19)23-10-9-22(31)16-24(23)30;1-19-25(18-35-14-12-34(13-15-35)17-21-6-2-4-10-30-21)32-27(24-7-3-5-11-31-24)33-26(19)22-9-8-20(29)16-23(22)28;1-3-10-30-11-13-31(14-12-30)16-22-17(2)23(19-8-7-18(26)15-20(19)25)29-24(28-22)21-6-4-5-9-27-21;3*2-1-3/h2-11,16,27H,12-15,17-18H2,1H3,(H,33,34);2-11,16,26H,12-15,17-18H2,1H3,(H,32,33);1,4-9,15,23H,10-14,16H2,2H3,(H,28,29);;;. The molecular formula is C82H81BrCl3F3N16O6. The molecule has 29 heteroatoms. The minimum Gasteiger partial charge on any atom is -0.341 e. The van der Waals surface area contributed by atoms with Gasteiger partial charge in [-0.05, 0) is 157 Å². The summed E-state index contributed by atoms with van der Waals surface area (Å²) in [6.45, 7) is 22.7. The number of aromatic nitrogens is 4. The molecule has 22 nitrogen and oxygen atoms in total. The van der Waals surface area contributed by atoms with E-state index in [0.29, 0.717) is 39.1 Å². The first-order valence-electron chi connectivity index (χ1n) is 35.4. The highest BCUT2D eigenvalue weighted by Crippen LogP contribution is 2.39. The zero-order valence-electron chi connectivity index (χ0n) is 61.2. The number of rotatable bonds is 17. The summed E-state index contributed by atoms with van der Waals surface area (Å²) in [5.74, 6) is 3.75. The Morgan fingerprint density at radius 1 is 0.405 bits per heavy atom. The largest absolute Gasteiger partial charge is 0.373 e. The number of piperazine rings is 3. The van der Waals surface area contributed by atoms with Crippen LogP contribution in [0, 0.1) is 29.8 Å². The van der Waals surface area contributed by atoms with Crippen molar-refractivity contribution in [1.29, 1.82) is 0 Å². The molecule has 0 radical (unpaired) electrons. The van der Waals surface area contributed by atoms with E-state index in [1.54, 1.807) is 36.8 Å². The van der Waals surface area contributed by atoms with Gasteiger partial charge in [0.05, 0.1) is 12.2 Å². The molecule has 0 saturated carbocycles. The average molecular weight is 1630 g/mol. The van der Waals surface area contributed by atoms with E-state index in [-0.39, 0.29) is 54.0 Å². The SMILES string of the molecule is C#CCN1CCN(CC2=C(C)C(c3ccc(F)cc3Cl)N=C(c3ccccn3)N2)CC1.CC1=C(CN2CCN(Cc3ccc(Br)cc3)CC2)NC(c2ccccn2)=NC1c1ccc(F)cc1Cl.CC1=C(CN2CCN(Cc3ccccn3)CC2)NC(c2ccccn2)=NC1c1ccc(F)cc1Cl.O=C=O.O=C=O.O=C=O. The van der Waals surface area contributed by atoms with Gasteiger partial charge in [0.15, 0.2) is 17.5 Å². The molecule has 0 amide bonds. The van der Waals surface area contributed by atoms with Gasteiger partial charge in [-0.3, -0.25) is 64.3 Å². The van der Waals surface area contributed by atoms with Gasteiger partial charge in [0.2, 0.25) is 0 Å². The first-order chi connectivity index (χ1) is 53.8. The van der Waals surface area contributed by atoms with Crippen molar-refractivity contribution in [3.05, 3.63) is 292 Å². The number of benzene rings is 4. The summed E-state index contributed by atoms with van der Waals surface area (Å²) in [5.41, 5.74) is 13.6. The fraction of sp³-hybridized carbons (Fsp3) is 0.293. The lowest BCUT2D eigenvalue weighted by atomic mass is 9.96. The summed E-state index contributed by atoms with van der Waals surface area (Å²) in [4.78, 5) is 96.0. The summed E-state index contributed by atoms with van der Waals surface area (Å²) in [5, 5.41) is 11.7. The van der Waals surface area contributed by atoms with Crippen LogP contribution in [0.3, 0.4) is 0 Å². The number of nitrogens with zero attached hydrogens (tertiary/aromatic N) is 13. The summed E-state index contributed by atoms with van der Waals surface area (Å²) >= 11 is 22.8. The van der Waals surface area contributed by atoms with Crippen LogP contribution in [-0.2, 0) is 41.9 Å². The molecular weight excluding hydrogens is 1550 g/mol. The monoisotopic (exact) mass is 1630 g/mol. The van der Waals surface area contributed by atoms with Gasteiger partial charge in [-0.25, -0.2) is 13.2 Å². The molecule has 0 aliphatic carbocycles. The molecule has 14 rings (SSSR count). The van der Waals surface area contributed by atoms with Crippen LogP contribution in [0.2, 0.25) is 15.1 Å². The van der Waals surface area contributed by atoms with E-state index in [1.165, 1.54) is 42.0 Å². The van der Waals surface area contributed by atoms with Crippen LogP contribution >= 0.6 is 50.7 Å². The second kappa shape index (κ2) is 43.3. The van der Waals surface area contributed by atoms with Gasteiger partial charge < -0.3 is 16.0 Å². The lowest BCUT2D eigenvalue weighted by Gasteiger charge is -2.36. The van der Waals surface area contributed by atoms with E-state index in [2.05, 4.69) is 138 Å². The van der Waals surface area contributed by atoms with Gasteiger partial charge >= 0.3 is 18.5 Å². The maximum absolute atomic E-state index is 13.8. The second-order valence-electron chi connectivity index (χ2n) is 26.2. The van der Waals surface area contributed by atoms with E-state index in [9.17, 15) is 13.2 Å². The fourth-order valence-corrected chi connectivity index (χ4v) is 14.2. The predicted molar refractivity (Wildman–Crippen MR) is 421 cm³/mol. The minimum atomic E-state index is -0.358. The van der Waals surface area contributed by atoms with Crippen LogP contribution < -0.4 is 16.0 Å². The number of amidine groups is 3. The predicted octanol–water partition coefficient (Wildman–Crippen LogP) is 12.0. The van der Waals surface area contributed by atoms with E-state index in [1.807, 2.05) is 72.9 Å². The van der Waals surface area contributed by atoms with Crippen LogP contribution in [0.15, 0.2) is 230 Å². The van der Waals surface area contributed by atoms with Gasteiger partial charge in [-0.2, -0.15) is 28.8 Å². The van der Waals surface area contributed by atoms with E-state index < -0.39 is 0 Å². The van der Waals surface area contributed by atoms with Crippen LogP contribution in [-0.4, -0.2) is 190 Å². The van der Waals surface area contributed by atoms with E-state index in [0.717, 1.165) is 189 Å². The number of nitrogens with one attached hydrogen (secondary N) is 3. The second-order valence-corrected chi connectivity index (χ2v) is 28.3. The fourth-order valence-electron chi connectivity index (χ4n) is 13.1. The number of hydrogen-bond acceptors (Lipinski definition) is 22. The molecule has 8 aromatic rings. The number of carbonyl (C=O) groups excluding carboxylic acids is 6. The molecule has 111 heavy (non-hydrogen) atoms. The molecule has 10 heterocycles. The number of terminal acetylenes is 1. The van der Waals surface area contributed by atoms with Crippen molar-refractivity contribution in [1.82, 2.24) is 65.3 Å². The van der Waals surface area contributed by atoms with E-state index >= 15 is 0 Å². The van der Waals surface area contributed by atoms with Gasteiger partial charge in [0, 0.05) is 173 Å². The minimum absolute atomic E-state index is 0.250. The van der Waals surface area contributed by atoms with Crippen LogP contribution in [0.4, 0.5) is 13.2 Å². The van der Waals surface area contributed by atoms with Crippen LogP contribution in [0.5, 0.6) is 0 Å². The topological polar surface area (TPSA) is 247 Å². The Morgan fingerprint density at radius 2 is 0.703 bits per heavy atom. The zero-order chi connectivity index (χ0) is 79.2. The highest BCUT2D eigenvalue weighted by atomic mass is 79.9. The van der Waals surface area contributed by atoms with Crippen LogP contribution in [0.1, 0.15) is 83.9 Å². The molecule has 3 fully saturated rings. The molecule has 4 aromatic heterocycles. The normalized spacial score (nSPS) is 18.2. The van der Waals surface area contributed by atoms with Crippen molar-refractivity contribution in [3.8, 4) is 12.3 Å². The maximum Gasteiger partial charge on any atom is 0.373 e. The first-order valence-corrected chi connectivity index (χ1v) is 37.4. The van der Waals surface area contributed by atoms with Gasteiger partial charge in [-0.1, -0.05) is 111 Å². The van der Waals surface area contributed by atoms with Gasteiger partial charge in [-0.15, -0.1) is 6.42 Å². The molecule has 3 atom stereocenters. The number of hydrogen-bond donors (Lipinski definition) is 3. The number of pyridine rings is 4. The van der Waals surface area contributed by atoms with E-state index in [4.69, 9.17) is 85.0 Å². The maximum atomic E-state index is 13.8. The Labute approximate surface area is 666 Å².